The molecule has 0 unspecified atom stereocenters. The van der Waals surface area contributed by atoms with E-state index in [0.29, 0.717) is 16.2 Å². The molecule has 0 saturated heterocycles. The number of fused-ring (bicyclic) bond motifs is 1. The van der Waals surface area contributed by atoms with E-state index in [0.717, 1.165) is 11.0 Å². The summed E-state index contributed by atoms with van der Waals surface area (Å²) in [6, 6.07) is 10.0. The van der Waals surface area contributed by atoms with E-state index in [4.69, 9.17) is 0 Å². The molecule has 5 nitrogen and oxygen atoms in total. The van der Waals surface area contributed by atoms with Crippen LogP contribution in [0.5, 0.6) is 0 Å². The van der Waals surface area contributed by atoms with E-state index >= 15 is 0 Å². The summed E-state index contributed by atoms with van der Waals surface area (Å²) in [5.41, 5.74) is 1.06. The average molecular weight is 364 g/mol. The van der Waals surface area contributed by atoms with Crippen LogP contribution in [0.2, 0.25) is 0 Å². The van der Waals surface area contributed by atoms with Gasteiger partial charge in [0.1, 0.15) is 5.82 Å². The smallest absolute Gasteiger partial charge is 0.184 e. The first-order valence-corrected chi connectivity index (χ1v) is 9.67. The Morgan fingerprint density at radius 1 is 1.21 bits per heavy atom. The zero-order valence-corrected chi connectivity index (χ0v) is 14.2. The number of nitrogens with one attached hydrogen (secondary N) is 1. The molecule has 0 radical (unpaired) electrons. The lowest BCUT2D eigenvalue weighted by atomic mass is 10.1. The molecule has 124 valence electrons. The lowest BCUT2D eigenvalue weighted by molar-refractivity contribution is 0.101. The fourth-order valence-corrected chi connectivity index (χ4v) is 3.73. The van der Waals surface area contributed by atoms with Crippen LogP contribution in [0.4, 0.5) is 9.52 Å². The normalized spacial score (nSPS) is 11.6. The van der Waals surface area contributed by atoms with Crippen LogP contribution in [0.3, 0.4) is 0 Å². The Bertz CT molecular complexity index is 1010. The predicted octanol–water partition coefficient (Wildman–Crippen LogP) is 3.13. The number of nitrogens with zero attached hydrogens (tertiary/aromatic N) is 1. The number of rotatable bonds is 5. The van der Waals surface area contributed by atoms with Crippen molar-refractivity contribution in [2.75, 3.05) is 18.1 Å². The van der Waals surface area contributed by atoms with Crippen molar-refractivity contribution in [3.05, 3.63) is 53.8 Å². The Labute approximate surface area is 142 Å². The Morgan fingerprint density at radius 3 is 2.58 bits per heavy atom. The number of sulfone groups is 1. The van der Waals surface area contributed by atoms with Gasteiger partial charge in [-0.25, -0.2) is 17.8 Å². The van der Waals surface area contributed by atoms with Crippen molar-refractivity contribution in [1.29, 1.82) is 0 Å². The molecule has 0 atom stereocenters. The highest BCUT2D eigenvalue weighted by Crippen LogP contribution is 2.28. The van der Waals surface area contributed by atoms with Gasteiger partial charge in [-0.2, -0.15) is 0 Å². The van der Waals surface area contributed by atoms with Crippen LogP contribution in [-0.4, -0.2) is 32.0 Å². The molecule has 0 saturated carbocycles. The number of ketones is 1. The fourth-order valence-electron chi connectivity index (χ4n) is 2.10. The molecule has 0 bridgehead atoms. The van der Waals surface area contributed by atoms with Gasteiger partial charge in [0.2, 0.25) is 0 Å². The lowest BCUT2D eigenvalue weighted by Crippen LogP contribution is -2.13. The summed E-state index contributed by atoms with van der Waals surface area (Å²) < 4.78 is 36.7. The van der Waals surface area contributed by atoms with Gasteiger partial charge in [0.25, 0.3) is 0 Å². The number of thiazole rings is 1. The number of carbonyl (C=O) groups excluding carboxylic acids is 1. The van der Waals surface area contributed by atoms with Crippen molar-refractivity contribution < 1.29 is 17.6 Å². The fraction of sp³-hybridized carbons (Fsp3) is 0.125. The molecular formula is C16H13FN2O3S2. The van der Waals surface area contributed by atoms with Crippen molar-refractivity contribution in [2.45, 2.75) is 4.90 Å². The van der Waals surface area contributed by atoms with Crippen LogP contribution in [0.1, 0.15) is 10.4 Å². The van der Waals surface area contributed by atoms with Crippen LogP contribution < -0.4 is 5.32 Å². The average Bonchev–Trinajstić information content (AvgIpc) is 2.94. The topological polar surface area (TPSA) is 76.1 Å². The number of benzene rings is 2. The quantitative estimate of drug-likeness (QED) is 0.704. The second-order valence-electron chi connectivity index (χ2n) is 5.20. The highest BCUT2D eigenvalue weighted by Gasteiger charge is 2.12. The third kappa shape index (κ3) is 3.60. The second kappa shape index (κ2) is 6.29. The van der Waals surface area contributed by atoms with E-state index in [9.17, 15) is 17.6 Å². The van der Waals surface area contributed by atoms with Gasteiger partial charge in [-0.1, -0.05) is 11.3 Å². The van der Waals surface area contributed by atoms with E-state index in [2.05, 4.69) is 10.3 Å². The molecule has 0 aliphatic rings. The van der Waals surface area contributed by atoms with Crippen LogP contribution in [0.15, 0.2) is 47.4 Å². The van der Waals surface area contributed by atoms with Crippen LogP contribution in [-0.2, 0) is 9.84 Å². The van der Waals surface area contributed by atoms with E-state index in [1.54, 1.807) is 12.1 Å². The molecule has 2 aromatic carbocycles. The molecule has 0 fully saturated rings. The molecule has 1 aromatic heterocycles. The maximum absolute atomic E-state index is 12.9. The number of halogens is 1. The molecule has 0 amide bonds. The largest absolute Gasteiger partial charge is 0.354 e. The first-order chi connectivity index (χ1) is 11.3. The molecule has 3 aromatic rings. The van der Waals surface area contributed by atoms with Crippen molar-refractivity contribution in [3.63, 3.8) is 0 Å². The molecule has 0 spiro atoms. The summed E-state index contributed by atoms with van der Waals surface area (Å²) in [7, 11) is -3.28. The minimum absolute atomic E-state index is 0.0182. The van der Waals surface area contributed by atoms with Gasteiger partial charge < -0.3 is 5.32 Å². The third-order valence-electron chi connectivity index (χ3n) is 3.35. The van der Waals surface area contributed by atoms with Crippen LogP contribution in [0, 0.1) is 5.82 Å². The van der Waals surface area contributed by atoms with Crippen LogP contribution >= 0.6 is 11.3 Å². The second-order valence-corrected chi connectivity index (χ2v) is 8.25. The maximum Gasteiger partial charge on any atom is 0.184 e. The van der Waals surface area contributed by atoms with Gasteiger partial charge >= 0.3 is 0 Å². The van der Waals surface area contributed by atoms with Gasteiger partial charge in [-0.15, -0.1) is 0 Å². The zero-order valence-electron chi connectivity index (χ0n) is 12.6. The van der Waals surface area contributed by atoms with Gasteiger partial charge in [-0.05, 0) is 42.5 Å². The standard InChI is InChI=1S/C16H13FN2O3S2/c1-24(21,22)12-6-7-13-15(8-12)23-16(19-13)18-9-14(20)10-2-4-11(17)5-3-10/h2-8H,9H2,1H3,(H,18,19). The molecule has 3 rings (SSSR count). The molecule has 8 heteroatoms. The van der Waals surface area contributed by atoms with E-state index in [1.807, 2.05) is 0 Å². The first-order valence-electron chi connectivity index (χ1n) is 6.96. The van der Waals surface area contributed by atoms with Crippen molar-refractivity contribution in [3.8, 4) is 0 Å². The maximum atomic E-state index is 12.9. The molecule has 1 heterocycles. The van der Waals surface area contributed by atoms with E-state index in [1.165, 1.54) is 41.7 Å². The summed E-state index contributed by atoms with van der Waals surface area (Å²) in [5.74, 6) is -0.585. The number of hydrogen-bond donors (Lipinski definition) is 1. The monoisotopic (exact) mass is 364 g/mol. The van der Waals surface area contributed by atoms with Gasteiger partial charge in [-0.3, -0.25) is 4.79 Å². The Hall–Kier alpha value is -2.32. The Balaban J connectivity index is 1.76. The number of anilines is 1. The van der Waals surface area contributed by atoms with Crippen LogP contribution in [0.25, 0.3) is 10.2 Å². The molecular weight excluding hydrogens is 351 g/mol. The highest BCUT2D eigenvalue weighted by molar-refractivity contribution is 7.90. The Morgan fingerprint density at radius 2 is 1.92 bits per heavy atom. The molecule has 0 aliphatic heterocycles. The van der Waals surface area contributed by atoms with Crippen molar-refractivity contribution in [2.24, 2.45) is 0 Å². The number of Topliss-reactive ketones (excluding diaryl/α,β-unsaturated/α-hetero) is 1. The minimum Gasteiger partial charge on any atom is -0.354 e. The molecule has 24 heavy (non-hydrogen) atoms. The third-order valence-corrected chi connectivity index (χ3v) is 5.44. The lowest BCUT2D eigenvalue weighted by Gasteiger charge is -2.02. The summed E-state index contributed by atoms with van der Waals surface area (Å²) >= 11 is 1.27. The van der Waals surface area contributed by atoms with Gasteiger partial charge in [0, 0.05) is 11.8 Å². The summed E-state index contributed by atoms with van der Waals surface area (Å²) in [6.07, 6.45) is 1.15. The number of aromatic nitrogens is 1. The minimum atomic E-state index is -3.28. The summed E-state index contributed by atoms with van der Waals surface area (Å²) in [5, 5.41) is 3.44. The predicted molar refractivity (Wildman–Crippen MR) is 92.0 cm³/mol. The molecule has 1 N–H and O–H groups in total. The molecule has 0 aliphatic carbocycles. The summed E-state index contributed by atoms with van der Waals surface area (Å²) in [4.78, 5) is 16.6. The van der Waals surface area contributed by atoms with Gasteiger partial charge in [0.05, 0.1) is 21.7 Å². The Kier molecular flexibility index (Phi) is 4.33. The van der Waals surface area contributed by atoms with Crippen molar-refractivity contribution in [1.82, 2.24) is 4.98 Å². The first kappa shape index (κ1) is 16.5. The van der Waals surface area contributed by atoms with Crippen molar-refractivity contribution >= 4 is 42.3 Å². The number of hydrogen-bond acceptors (Lipinski definition) is 6. The van der Waals surface area contributed by atoms with E-state index in [-0.39, 0.29) is 17.2 Å². The SMILES string of the molecule is CS(=O)(=O)c1ccc2nc(NCC(=O)c3ccc(F)cc3)sc2c1. The number of carbonyl (C=O) groups is 1. The highest BCUT2D eigenvalue weighted by atomic mass is 32.2. The van der Waals surface area contributed by atoms with Gasteiger partial charge in [0.15, 0.2) is 20.8 Å². The van der Waals surface area contributed by atoms with E-state index < -0.39 is 15.7 Å². The zero-order chi connectivity index (χ0) is 17.3. The summed E-state index contributed by atoms with van der Waals surface area (Å²) in [6.45, 7) is 0.0182.